The van der Waals surface area contributed by atoms with E-state index in [9.17, 15) is 21.6 Å². The molecule has 0 radical (unpaired) electrons. The molecule has 0 aromatic heterocycles. The van der Waals surface area contributed by atoms with Gasteiger partial charge in [-0.25, -0.2) is 8.42 Å². The maximum Gasteiger partial charge on any atom is 0.416 e. The summed E-state index contributed by atoms with van der Waals surface area (Å²) in [7, 11) is -3.94. The molecule has 1 heterocycles. The quantitative estimate of drug-likeness (QED) is 0.921. The van der Waals surface area contributed by atoms with Gasteiger partial charge in [-0.05, 0) is 43.4 Å². The first-order valence-corrected chi connectivity index (χ1v) is 8.39. The fraction of sp³-hybridized carbons (Fsp3) is 0.571. The van der Waals surface area contributed by atoms with E-state index in [2.05, 4.69) is 0 Å². The van der Waals surface area contributed by atoms with Gasteiger partial charge in [0.2, 0.25) is 10.0 Å². The lowest BCUT2D eigenvalue weighted by Gasteiger charge is -2.30. The van der Waals surface area contributed by atoms with Gasteiger partial charge in [0.15, 0.2) is 0 Å². The number of aliphatic hydroxyl groups is 1. The molecule has 22 heavy (non-hydrogen) atoms. The molecule has 0 saturated carbocycles. The second-order valence-corrected chi connectivity index (χ2v) is 7.44. The van der Waals surface area contributed by atoms with Gasteiger partial charge in [-0.15, -0.1) is 0 Å². The lowest BCUT2D eigenvalue weighted by atomic mass is 10.00. The summed E-state index contributed by atoms with van der Waals surface area (Å²) in [5.74, 6) is 0.0511. The standard InChI is InChI=1S/C14H18F3NO3S/c1-10-2-3-12(8-13(10)14(15,16)17)22(20,21)18-6-4-11(9-19)5-7-18/h2-3,8,11,19H,4-7,9H2,1H3. The lowest BCUT2D eigenvalue weighted by molar-refractivity contribution is -0.138. The predicted octanol–water partition coefficient (Wildman–Crippen LogP) is 2.41. The van der Waals surface area contributed by atoms with E-state index in [4.69, 9.17) is 5.11 Å². The van der Waals surface area contributed by atoms with Crippen molar-refractivity contribution in [2.75, 3.05) is 19.7 Å². The molecule has 1 aliphatic rings. The summed E-state index contributed by atoms with van der Waals surface area (Å²) < 4.78 is 64.9. The highest BCUT2D eigenvalue weighted by atomic mass is 32.2. The van der Waals surface area contributed by atoms with Crippen LogP contribution in [0, 0.1) is 12.8 Å². The molecule has 0 unspecified atom stereocenters. The van der Waals surface area contributed by atoms with Gasteiger partial charge >= 0.3 is 6.18 Å². The Balaban J connectivity index is 2.31. The SMILES string of the molecule is Cc1ccc(S(=O)(=O)N2CCC(CO)CC2)cc1C(F)(F)F. The third-order valence-corrected chi connectivity index (χ3v) is 5.88. The number of aliphatic hydroxyl groups excluding tert-OH is 1. The average Bonchev–Trinajstić information content (AvgIpc) is 2.46. The zero-order chi connectivity index (χ0) is 16.5. The van der Waals surface area contributed by atoms with Crippen LogP contribution in [-0.4, -0.2) is 37.5 Å². The molecule has 0 atom stereocenters. The molecule has 0 bridgehead atoms. The van der Waals surface area contributed by atoms with Crippen molar-refractivity contribution in [3.05, 3.63) is 29.3 Å². The van der Waals surface area contributed by atoms with Crippen LogP contribution in [0.3, 0.4) is 0 Å². The van der Waals surface area contributed by atoms with Crippen molar-refractivity contribution in [1.29, 1.82) is 0 Å². The molecule has 8 heteroatoms. The molecule has 1 aliphatic heterocycles. The minimum absolute atomic E-state index is 0.00333. The van der Waals surface area contributed by atoms with Crippen molar-refractivity contribution in [2.24, 2.45) is 5.92 Å². The molecule has 0 amide bonds. The van der Waals surface area contributed by atoms with Gasteiger partial charge in [-0.1, -0.05) is 6.07 Å². The van der Waals surface area contributed by atoms with E-state index in [1.807, 2.05) is 0 Å². The van der Waals surface area contributed by atoms with Crippen molar-refractivity contribution in [3.63, 3.8) is 0 Å². The van der Waals surface area contributed by atoms with Gasteiger partial charge in [0.1, 0.15) is 0 Å². The first-order valence-electron chi connectivity index (χ1n) is 6.95. The Bertz CT molecular complexity index is 635. The van der Waals surface area contributed by atoms with Crippen LogP contribution in [0.15, 0.2) is 23.1 Å². The largest absolute Gasteiger partial charge is 0.416 e. The van der Waals surface area contributed by atoms with Crippen LogP contribution in [-0.2, 0) is 16.2 Å². The highest BCUT2D eigenvalue weighted by Crippen LogP contribution is 2.34. The number of sulfonamides is 1. The first-order chi connectivity index (χ1) is 10.2. The van der Waals surface area contributed by atoms with Crippen LogP contribution >= 0.6 is 0 Å². The van der Waals surface area contributed by atoms with Gasteiger partial charge in [-0.2, -0.15) is 17.5 Å². The highest BCUT2D eigenvalue weighted by molar-refractivity contribution is 7.89. The second kappa shape index (κ2) is 6.17. The number of nitrogens with zero attached hydrogens (tertiary/aromatic N) is 1. The Labute approximate surface area is 127 Å². The van der Waals surface area contributed by atoms with Crippen LogP contribution in [0.2, 0.25) is 0 Å². The summed E-state index contributed by atoms with van der Waals surface area (Å²) in [6.45, 7) is 1.72. The fourth-order valence-corrected chi connectivity index (χ4v) is 4.04. The molecular formula is C14H18F3NO3S. The minimum Gasteiger partial charge on any atom is -0.396 e. The molecule has 1 saturated heterocycles. The molecule has 1 N–H and O–H groups in total. The predicted molar refractivity (Wildman–Crippen MR) is 74.7 cm³/mol. The van der Waals surface area contributed by atoms with Gasteiger partial charge in [0, 0.05) is 19.7 Å². The average molecular weight is 337 g/mol. The summed E-state index contributed by atoms with van der Waals surface area (Å²) in [4.78, 5) is -0.340. The summed E-state index contributed by atoms with van der Waals surface area (Å²) in [5.41, 5.74) is -0.941. The molecular weight excluding hydrogens is 319 g/mol. The maximum absolute atomic E-state index is 12.9. The molecule has 0 spiro atoms. The highest BCUT2D eigenvalue weighted by Gasteiger charge is 2.35. The van der Waals surface area contributed by atoms with Gasteiger partial charge in [0.25, 0.3) is 0 Å². The van der Waals surface area contributed by atoms with Crippen molar-refractivity contribution >= 4 is 10.0 Å². The number of hydrogen-bond acceptors (Lipinski definition) is 3. The molecule has 0 aliphatic carbocycles. The van der Waals surface area contributed by atoms with Crippen molar-refractivity contribution in [3.8, 4) is 0 Å². The number of alkyl halides is 3. The van der Waals surface area contributed by atoms with Crippen molar-refractivity contribution in [2.45, 2.75) is 30.8 Å². The Morgan fingerprint density at radius 3 is 2.36 bits per heavy atom. The number of hydrogen-bond donors (Lipinski definition) is 1. The van der Waals surface area contributed by atoms with Crippen molar-refractivity contribution in [1.82, 2.24) is 4.31 Å². The number of halogens is 3. The summed E-state index contributed by atoms with van der Waals surface area (Å²) in [6, 6.07) is 3.08. The zero-order valence-electron chi connectivity index (χ0n) is 12.1. The van der Waals surface area contributed by atoms with E-state index in [-0.39, 0.29) is 36.1 Å². The van der Waals surface area contributed by atoms with Crippen LogP contribution in [0.1, 0.15) is 24.0 Å². The number of benzene rings is 1. The van der Waals surface area contributed by atoms with E-state index in [0.29, 0.717) is 18.9 Å². The van der Waals surface area contributed by atoms with Crippen LogP contribution < -0.4 is 0 Å². The number of aryl methyl sites for hydroxylation is 1. The van der Waals surface area contributed by atoms with E-state index >= 15 is 0 Å². The topological polar surface area (TPSA) is 57.6 Å². The Morgan fingerprint density at radius 2 is 1.86 bits per heavy atom. The van der Waals surface area contributed by atoms with Crippen LogP contribution in [0.4, 0.5) is 13.2 Å². The van der Waals surface area contributed by atoms with E-state index in [1.54, 1.807) is 0 Å². The molecule has 1 aromatic carbocycles. The molecule has 1 fully saturated rings. The van der Waals surface area contributed by atoms with Gasteiger partial charge < -0.3 is 5.11 Å². The Hall–Kier alpha value is -1.12. The fourth-order valence-electron chi connectivity index (χ4n) is 2.55. The van der Waals surface area contributed by atoms with Crippen molar-refractivity contribution < 1.29 is 26.7 Å². The lowest BCUT2D eigenvalue weighted by Crippen LogP contribution is -2.39. The van der Waals surface area contributed by atoms with Crippen LogP contribution in [0.5, 0.6) is 0 Å². The summed E-state index contributed by atoms with van der Waals surface area (Å²) >= 11 is 0. The third-order valence-electron chi connectivity index (χ3n) is 3.98. The molecule has 1 aromatic rings. The third kappa shape index (κ3) is 3.44. The smallest absolute Gasteiger partial charge is 0.396 e. The molecule has 2 rings (SSSR count). The second-order valence-electron chi connectivity index (χ2n) is 5.50. The zero-order valence-corrected chi connectivity index (χ0v) is 12.9. The Morgan fingerprint density at radius 1 is 1.27 bits per heavy atom. The minimum atomic E-state index is -4.58. The molecule has 124 valence electrons. The normalized spacial score (nSPS) is 18.6. The Kier molecular flexibility index (Phi) is 4.84. The van der Waals surface area contributed by atoms with E-state index in [0.717, 1.165) is 0 Å². The van der Waals surface area contributed by atoms with Gasteiger partial charge in [-0.3, -0.25) is 0 Å². The number of rotatable bonds is 3. The van der Waals surface area contributed by atoms with Gasteiger partial charge in [0.05, 0.1) is 10.5 Å². The summed E-state index contributed by atoms with van der Waals surface area (Å²) in [6.07, 6.45) is -3.57. The monoisotopic (exact) mass is 337 g/mol. The maximum atomic E-state index is 12.9. The molecule has 4 nitrogen and oxygen atoms in total. The summed E-state index contributed by atoms with van der Waals surface area (Å²) in [5, 5.41) is 9.06. The van der Waals surface area contributed by atoms with Crippen LogP contribution in [0.25, 0.3) is 0 Å². The van der Waals surface area contributed by atoms with E-state index in [1.165, 1.54) is 23.4 Å². The number of piperidine rings is 1. The first kappa shape index (κ1) is 17.2. The van der Waals surface area contributed by atoms with E-state index < -0.39 is 21.8 Å².